The zero-order valence-electron chi connectivity index (χ0n) is 15.4. The lowest BCUT2D eigenvalue weighted by Gasteiger charge is -2.20. The van der Waals surface area contributed by atoms with Crippen LogP contribution in [-0.4, -0.2) is 44.5 Å². The fourth-order valence-corrected chi connectivity index (χ4v) is 3.17. The van der Waals surface area contributed by atoms with Gasteiger partial charge in [-0.2, -0.15) is 13.2 Å². The first-order valence-corrected chi connectivity index (χ1v) is 8.89. The lowest BCUT2D eigenvalue weighted by molar-refractivity contribution is -0.137. The van der Waals surface area contributed by atoms with Crippen LogP contribution in [-0.2, 0) is 19.3 Å². The van der Waals surface area contributed by atoms with Gasteiger partial charge in [0.1, 0.15) is 0 Å². The molecule has 0 unspecified atom stereocenters. The number of rotatable bonds is 4. The number of pyridine rings is 1. The van der Waals surface area contributed by atoms with Gasteiger partial charge in [-0.3, -0.25) is 9.39 Å². The second kappa shape index (κ2) is 9.03. The SMILES string of the molecule is CN=C(NCc1nnc2ccc(C(F)(F)F)cn12)N(C)Cc1csc(C)n1.I. The molecular weight excluding hydrogens is 506 g/mol. The first-order valence-electron chi connectivity index (χ1n) is 8.01. The van der Waals surface area contributed by atoms with E-state index in [0.29, 0.717) is 24.0 Å². The van der Waals surface area contributed by atoms with E-state index >= 15 is 0 Å². The van der Waals surface area contributed by atoms with Crippen molar-refractivity contribution in [2.24, 2.45) is 4.99 Å². The van der Waals surface area contributed by atoms with Crippen LogP contribution in [0.4, 0.5) is 13.2 Å². The number of aromatic nitrogens is 4. The largest absolute Gasteiger partial charge is 0.417 e. The highest BCUT2D eigenvalue weighted by atomic mass is 127. The Morgan fingerprint density at radius 2 is 2.07 bits per heavy atom. The summed E-state index contributed by atoms with van der Waals surface area (Å²) < 4.78 is 40.1. The van der Waals surface area contributed by atoms with Crippen LogP contribution in [0.25, 0.3) is 5.65 Å². The van der Waals surface area contributed by atoms with Crippen LogP contribution >= 0.6 is 35.3 Å². The molecule has 0 fully saturated rings. The zero-order valence-corrected chi connectivity index (χ0v) is 18.5. The van der Waals surface area contributed by atoms with Crippen molar-refractivity contribution in [3.8, 4) is 0 Å². The van der Waals surface area contributed by atoms with E-state index in [1.807, 2.05) is 24.3 Å². The number of nitrogens with one attached hydrogen (secondary N) is 1. The molecule has 3 aromatic rings. The highest BCUT2D eigenvalue weighted by molar-refractivity contribution is 14.0. The van der Waals surface area contributed by atoms with Crippen LogP contribution in [0, 0.1) is 6.92 Å². The molecule has 7 nitrogen and oxygen atoms in total. The van der Waals surface area contributed by atoms with Crippen LogP contribution in [0.5, 0.6) is 0 Å². The molecule has 0 aromatic carbocycles. The molecule has 0 spiro atoms. The highest BCUT2D eigenvalue weighted by Gasteiger charge is 2.31. The van der Waals surface area contributed by atoms with Gasteiger partial charge in [-0.05, 0) is 19.1 Å². The summed E-state index contributed by atoms with van der Waals surface area (Å²) in [4.78, 5) is 10.5. The summed E-state index contributed by atoms with van der Waals surface area (Å²) in [6, 6.07) is 2.29. The maximum atomic E-state index is 12.9. The van der Waals surface area contributed by atoms with Gasteiger partial charge >= 0.3 is 6.18 Å². The van der Waals surface area contributed by atoms with Crippen LogP contribution in [0.1, 0.15) is 22.1 Å². The third-order valence-corrected chi connectivity index (χ3v) is 4.67. The van der Waals surface area contributed by atoms with Gasteiger partial charge in [-0.1, -0.05) is 0 Å². The average molecular weight is 525 g/mol. The van der Waals surface area contributed by atoms with E-state index < -0.39 is 11.7 Å². The molecule has 0 radical (unpaired) electrons. The molecule has 28 heavy (non-hydrogen) atoms. The summed E-state index contributed by atoms with van der Waals surface area (Å²) in [6.07, 6.45) is -3.43. The second-order valence-electron chi connectivity index (χ2n) is 5.87. The van der Waals surface area contributed by atoms with Crippen LogP contribution in [0.3, 0.4) is 0 Å². The van der Waals surface area contributed by atoms with Crippen molar-refractivity contribution in [1.29, 1.82) is 0 Å². The minimum absolute atomic E-state index is 0. The summed E-state index contributed by atoms with van der Waals surface area (Å²) in [7, 11) is 3.49. The predicted octanol–water partition coefficient (Wildman–Crippen LogP) is 3.34. The monoisotopic (exact) mass is 525 g/mol. The molecule has 3 heterocycles. The normalized spacial score (nSPS) is 12.1. The van der Waals surface area contributed by atoms with Crippen molar-refractivity contribution >= 4 is 46.9 Å². The van der Waals surface area contributed by atoms with Gasteiger partial charge in [0.2, 0.25) is 0 Å². The van der Waals surface area contributed by atoms with Crippen molar-refractivity contribution in [2.75, 3.05) is 14.1 Å². The fourth-order valence-electron chi connectivity index (χ4n) is 2.57. The summed E-state index contributed by atoms with van der Waals surface area (Å²) in [6.45, 7) is 2.67. The standard InChI is InChI=1S/C16H18F3N7S.HI/c1-10-22-12(9-27-10)8-25(3)15(20-2)21-6-14-24-23-13-5-4-11(7-26(13)14)16(17,18)19;/h4-5,7,9H,6,8H2,1-3H3,(H,20,21);1H. The Morgan fingerprint density at radius 3 is 2.68 bits per heavy atom. The molecule has 0 saturated heterocycles. The third-order valence-electron chi connectivity index (χ3n) is 3.84. The van der Waals surface area contributed by atoms with Crippen LogP contribution < -0.4 is 5.32 Å². The van der Waals surface area contributed by atoms with Gasteiger partial charge in [0.15, 0.2) is 17.4 Å². The topological polar surface area (TPSA) is 70.7 Å². The molecule has 0 bridgehead atoms. The molecule has 12 heteroatoms. The molecule has 0 aliphatic carbocycles. The molecule has 1 N–H and O–H groups in total. The predicted molar refractivity (Wildman–Crippen MR) is 112 cm³/mol. The number of guanidine groups is 1. The molecular formula is C16H19F3IN7S. The number of aliphatic imine (C=N–C) groups is 1. The van der Waals surface area contributed by atoms with Crippen LogP contribution in [0.2, 0.25) is 0 Å². The fraction of sp³-hybridized carbons (Fsp3) is 0.375. The van der Waals surface area contributed by atoms with Crippen molar-refractivity contribution in [3.63, 3.8) is 0 Å². The van der Waals surface area contributed by atoms with E-state index in [1.54, 1.807) is 18.4 Å². The Balaban J connectivity index is 0.00000280. The molecule has 0 saturated carbocycles. The maximum Gasteiger partial charge on any atom is 0.417 e. The number of halogens is 4. The number of hydrogen-bond acceptors (Lipinski definition) is 5. The van der Waals surface area contributed by atoms with Gasteiger partial charge in [0.05, 0.1) is 29.4 Å². The van der Waals surface area contributed by atoms with Gasteiger partial charge in [0, 0.05) is 25.7 Å². The summed E-state index contributed by atoms with van der Waals surface area (Å²) in [5.74, 6) is 0.930. The number of aryl methyl sites for hydroxylation is 1. The molecule has 152 valence electrons. The second-order valence-corrected chi connectivity index (χ2v) is 6.94. The highest BCUT2D eigenvalue weighted by Crippen LogP contribution is 2.29. The number of fused-ring (bicyclic) bond motifs is 1. The molecule has 0 aliphatic rings. The minimum atomic E-state index is -4.43. The van der Waals surface area contributed by atoms with Gasteiger partial charge < -0.3 is 10.2 Å². The van der Waals surface area contributed by atoms with E-state index in [-0.39, 0.29) is 30.5 Å². The van der Waals surface area contributed by atoms with E-state index in [2.05, 4.69) is 25.5 Å². The Morgan fingerprint density at radius 1 is 1.32 bits per heavy atom. The number of hydrogen-bond donors (Lipinski definition) is 1. The molecule has 3 rings (SSSR count). The van der Waals surface area contributed by atoms with Crippen molar-refractivity contribution in [3.05, 3.63) is 45.8 Å². The lowest BCUT2D eigenvalue weighted by atomic mass is 10.3. The smallest absolute Gasteiger partial charge is 0.349 e. The summed E-state index contributed by atoms with van der Waals surface area (Å²) in [5, 5.41) is 13.9. The van der Waals surface area contributed by atoms with Crippen LogP contribution in [0.15, 0.2) is 28.7 Å². The van der Waals surface area contributed by atoms with E-state index in [9.17, 15) is 13.2 Å². The average Bonchev–Trinajstić information content (AvgIpc) is 3.20. The number of thiazole rings is 1. The quantitative estimate of drug-likeness (QED) is 0.322. The van der Waals surface area contributed by atoms with Gasteiger partial charge in [-0.25, -0.2) is 4.98 Å². The molecule has 0 aliphatic heterocycles. The number of alkyl halides is 3. The molecule has 0 atom stereocenters. The van der Waals surface area contributed by atoms with E-state index in [0.717, 1.165) is 23.0 Å². The van der Waals surface area contributed by atoms with Crippen molar-refractivity contribution < 1.29 is 13.2 Å². The van der Waals surface area contributed by atoms with Crippen molar-refractivity contribution in [2.45, 2.75) is 26.2 Å². The summed E-state index contributed by atoms with van der Waals surface area (Å²) >= 11 is 1.57. The van der Waals surface area contributed by atoms with Crippen molar-refractivity contribution in [1.82, 2.24) is 29.8 Å². The molecule has 0 amide bonds. The maximum absolute atomic E-state index is 12.9. The Bertz CT molecular complexity index is 967. The van der Waals surface area contributed by atoms with Gasteiger partial charge in [-0.15, -0.1) is 45.5 Å². The van der Waals surface area contributed by atoms with E-state index in [1.165, 1.54) is 10.5 Å². The summed E-state index contributed by atoms with van der Waals surface area (Å²) in [5.41, 5.74) is 0.517. The Labute approximate surface area is 180 Å². The van der Waals surface area contributed by atoms with Gasteiger partial charge in [0.25, 0.3) is 0 Å². The zero-order chi connectivity index (χ0) is 19.6. The van der Waals surface area contributed by atoms with E-state index in [4.69, 9.17) is 0 Å². The third kappa shape index (κ3) is 5.10. The Hall–Kier alpha value is -1.96. The Kier molecular flexibility index (Phi) is 7.20. The molecule has 3 aromatic heterocycles. The lowest BCUT2D eigenvalue weighted by Crippen LogP contribution is -2.38. The number of nitrogens with zero attached hydrogens (tertiary/aromatic N) is 6. The minimum Gasteiger partial charge on any atom is -0.349 e. The first-order chi connectivity index (χ1) is 12.8. The first kappa shape index (κ1) is 22.3.